The summed E-state index contributed by atoms with van der Waals surface area (Å²) >= 11 is 0. The summed E-state index contributed by atoms with van der Waals surface area (Å²) in [6.07, 6.45) is 1.31. The summed E-state index contributed by atoms with van der Waals surface area (Å²) in [7, 11) is 0. The maximum Gasteiger partial charge on any atom is 0.251 e. The van der Waals surface area contributed by atoms with Crippen LogP contribution < -0.4 is 10.1 Å². The van der Waals surface area contributed by atoms with Gasteiger partial charge in [0.25, 0.3) is 5.91 Å². The average Bonchev–Trinajstić information content (AvgIpc) is 2.87. The molecule has 0 radical (unpaired) electrons. The van der Waals surface area contributed by atoms with Crippen LogP contribution in [-0.4, -0.2) is 50.3 Å². The molecule has 0 saturated carbocycles. The van der Waals surface area contributed by atoms with E-state index in [2.05, 4.69) is 48.3 Å². The van der Waals surface area contributed by atoms with E-state index in [0.717, 1.165) is 36.5 Å². The van der Waals surface area contributed by atoms with Crippen molar-refractivity contribution in [3.05, 3.63) is 100 Å². The van der Waals surface area contributed by atoms with E-state index in [-0.39, 0.29) is 11.7 Å². The molecular formula is C31H37FN2O3. The molecule has 3 aromatic carbocycles. The Balaban J connectivity index is 1.48. The van der Waals surface area contributed by atoms with Gasteiger partial charge in [-0.05, 0) is 64.9 Å². The van der Waals surface area contributed by atoms with E-state index < -0.39 is 0 Å². The van der Waals surface area contributed by atoms with Gasteiger partial charge in [-0.15, -0.1) is 0 Å². The lowest BCUT2D eigenvalue weighted by atomic mass is 9.99. The van der Waals surface area contributed by atoms with Gasteiger partial charge in [0.1, 0.15) is 18.2 Å². The van der Waals surface area contributed by atoms with Crippen molar-refractivity contribution in [3.63, 3.8) is 0 Å². The third-order valence-corrected chi connectivity index (χ3v) is 6.39. The van der Waals surface area contributed by atoms with Gasteiger partial charge in [-0.25, -0.2) is 4.39 Å². The van der Waals surface area contributed by atoms with Crippen LogP contribution in [-0.2, 0) is 24.1 Å². The molecule has 5 nitrogen and oxygen atoms in total. The Morgan fingerprint density at radius 1 is 1.00 bits per heavy atom. The minimum atomic E-state index is -0.259. The number of nitrogens with one attached hydrogen (secondary N) is 1. The van der Waals surface area contributed by atoms with Crippen molar-refractivity contribution in [3.8, 4) is 5.75 Å². The zero-order chi connectivity index (χ0) is 26.0. The molecule has 1 aliphatic heterocycles. The van der Waals surface area contributed by atoms with Gasteiger partial charge in [0.05, 0.1) is 13.2 Å². The molecule has 0 fully saturated rings. The first-order chi connectivity index (χ1) is 18.0. The molecule has 1 N–H and O–H groups in total. The second-order valence-corrected chi connectivity index (χ2v) is 10.0. The number of ether oxygens (including phenoxy) is 2. The number of carbonyl (C=O) groups excluding carboxylic acids is 1. The summed E-state index contributed by atoms with van der Waals surface area (Å²) in [6, 6.07) is 20.6. The van der Waals surface area contributed by atoms with Crippen LogP contribution in [0.5, 0.6) is 5.75 Å². The largest absolute Gasteiger partial charge is 0.491 e. The molecule has 6 heteroatoms. The molecule has 2 bridgehead atoms. The molecule has 0 aromatic heterocycles. The van der Waals surface area contributed by atoms with Crippen LogP contribution in [0.3, 0.4) is 0 Å². The first kappa shape index (κ1) is 26.8. The molecule has 1 amide bonds. The summed E-state index contributed by atoms with van der Waals surface area (Å²) in [4.78, 5) is 15.3. The highest BCUT2D eigenvalue weighted by Crippen LogP contribution is 2.25. The van der Waals surface area contributed by atoms with Gasteiger partial charge in [0.15, 0.2) is 0 Å². The van der Waals surface area contributed by atoms with Crippen LogP contribution >= 0.6 is 0 Å². The van der Waals surface area contributed by atoms with E-state index in [1.54, 1.807) is 18.2 Å². The first-order valence-corrected chi connectivity index (χ1v) is 13.1. The van der Waals surface area contributed by atoms with Crippen molar-refractivity contribution >= 4 is 5.91 Å². The molecule has 0 atom stereocenters. The predicted octanol–water partition coefficient (Wildman–Crippen LogP) is 5.26. The number of benzene rings is 3. The topological polar surface area (TPSA) is 50.8 Å². The van der Waals surface area contributed by atoms with Crippen molar-refractivity contribution in [2.45, 2.75) is 33.2 Å². The van der Waals surface area contributed by atoms with Gasteiger partial charge in [-0.1, -0.05) is 50.2 Å². The van der Waals surface area contributed by atoms with Crippen molar-refractivity contribution in [2.75, 3.05) is 39.5 Å². The predicted molar refractivity (Wildman–Crippen MR) is 145 cm³/mol. The summed E-state index contributed by atoms with van der Waals surface area (Å²) < 4.78 is 25.1. The quantitative estimate of drug-likeness (QED) is 0.498. The van der Waals surface area contributed by atoms with Crippen LogP contribution in [0.4, 0.5) is 4.39 Å². The van der Waals surface area contributed by atoms with Crippen molar-refractivity contribution < 1.29 is 18.7 Å². The van der Waals surface area contributed by atoms with Crippen LogP contribution in [0.1, 0.15) is 46.5 Å². The Labute approximate surface area is 219 Å². The zero-order valence-corrected chi connectivity index (χ0v) is 21.8. The minimum Gasteiger partial charge on any atom is -0.491 e. The number of hydrogen-bond donors (Lipinski definition) is 1. The van der Waals surface area contributed by atoms with Crippen LogP contribution in [0.25, 0.3) is 0 Å². The van der Waals surface area contributed by atoms with Crippen LogP contribution in [0, 0.1) is 11.7 Å². The molecule has 0 saturated heterocycles. The number of hydrogen-bond acceptors (Lipinski definition) is 4. The molecule has 3 aromatic rings. The van der Waals surface area contributed by atoms with Gasteiger partial charge in [-0.2, -0.15) is 0 Å². The third kappa shape index (κ3) is 8.41. The van der Waals surface area contributed by atoms with Crippen molar-refractivity contribution in [2.24, 2.45) is 5.92 Å². The Morgan fingerprint density at radius 3 is 2.62 bits per heavy atom. The minimum absolute atomic E-state index is 0.134. The van der Waals surface area contributed by atoms with Gasteiger partial charge in [0, 0.05) is 38.2 Å². The Morgan fingerprint density at radius 2 is 1.81 bits per heavy atom. The smallest absolute Gasteiger partial charge is 0.251 e. The van der Waals surface area contributed by atoms with Gasteiger partial charge >= 0.3 is 0 Å². The van der Waals surface area contributed by atoms with E-state index in [1.165, 1.54) is 23.3 Å². The number of rotatable bonds is 6. The monoisotopic (exact) mass is 504 g/mol. The van der Waals surface area contributed by atoms with E-state index >= 15 is 0 Å². The highest BCUT2D eigenvalue weighted by atomic mass is 19.1. The summed E-state index contributed by atoms with van der Waals surface area (Å²) in [5.74, 6) is 0.961. The summed E-state index contributed by atoms with van der Waals surface area (Å²) in [6.45, 7) is 9.39. The maximum atomic E-state index is 13.1. The molecule has 37 heavy (non-hydrogen) atoms. The molecule has 0 aliphatic carbocycles. The Bertz CT molecular complexity index is 1160. The summed E-state index contributed by atoms with van der Waals surface area (Å²) in [5, 5.41) is 2.98. The van der Waals surface area contributed by atoms with E-state index in [0.29, 0.717) is 50.7 Å². The number of fused-ring (bicyclic) bond motifs is 3. The molecular weight excluding hydrogens is 467 g/mol. The highest BCUT2D eigenvalue weighted by molar-refractivity contribution is 5.94. The average molecular weight is 505 g/mol. The molecule has 4 rings (SSSR count). The molecule has 0 spiro atoms. The standard InChI is InChI=1S/C31H37FN2O3/c1-23(2)21-34-14-15-36-16-17-37-30-11-8-27(20-28(30)19-25-4-3-5-26(18-25)22-34)31(35)33-13-12-24-6-9-29(32)10-7-24/h3-11,18,20,23H,12-17,19,21-22H2,1-2H3,(H,33,35). The number of amides is 1. The number of carbonyl (C=O) groups is 1. The normalized spacial score (nSPS) is 14.9. The lowest BCUT2D eigenvalue weighted by Crippen LogP contribution is -2.31. The Kier molecular flexibility index (Phi) is 9.69. The van der Waals surface area contributed by atoms with Gasteiger partial charge < -0.3 is 14.8 Å². The van der Waals surface area contributed by atoms with Crippen molar-refractivity contribution in [1.82, 2.24) is 10.2 Å². The maximum absolute atomic E-state index is 13.1. The number of halogens is 1. The van der Waals surface area contributed by atoms with E-state index in [1.807, 2.05) is 12.1 Å². The fraction of sp³-hybridized carbons (Fsp3) is 0.387. The van der Waals surface area contributed by atoms with E-state index in [4.69, 9.17) is 9.47 Å². The third-order valence-electron chi connectivity index (χ3n) is 6.39. The highest BCUT2D eigenvalue weighted by Gasteiger charge is 2.14. The fourth-order valence-electron chi connectivity index (χ4n) is 4.65. The zero-order valence-electron chi connectivity index (χ0n) is 21.8. The van der Waals surface area contributed by atoms with Crippen LogP contribution in [0.2, 0.25) is 0 Å². The lowest BCUT2D eigenvalue weighted by molar-refractivity contribution is 0.0746. The second kappa shape index (κ2) is 13.4. The molecule has 0 unspecified atom stereocenters. The Hall–Kier alpha value is -3.22. The number of nitrogens with zero attached hydrogens (tertiary/aromatic N) is 1. The molecule has 1 aliphatic rings. The van der Waals surface area contributed by atoms with E-state index in [9.17, 15) is 9.18 Å². The SMILES string of the molecule is CC(C)CN1CCOCCOc2ccc(C(=O)NCCc3ccc(F)cc3)cc2Cc2cccc(c2)C1. The molecule has 196 valence electrons. The van der Waals surface area contributed by atoms with Gasteiger partial charge in [0.2, 0.25) is 0 Å². The molecule has 1 heterocycles. The second-order valence-electron chi connectivity index (χ2n) is 10.0. The fourth-order valence-corrected chi connectivity index (χ4v) is 4.65. The van der Waals surface area contributed by atoms with Crippen molar-refractivity contribution in [1.29, 1.82) is 0 Å². The van der Waals surface area contributed by atoms with Gasteiger partial charge in [-0.3, -0.25) is 9.69 Å². The van der Waals surface area contributed by atoms with Crippen LogP contribution in [0.15, 0.2) is 66.7 Å². The first-order valence-electron chi connectivity index (χ1n) is 13.1. The lowest BCUT2D eigenvalue weighted by Gasteiger charge is -2.25. The summed E-state index contributed by atoms with van der Waals surface area (Å²) in [5.41, 5.74) is 5.01.